The zero-order chi connectivity index (χ0) is 16.1. The van der Waals surface area contributed by atoms with Gasteiger partial charge in [0, 0.05) is 12.0 Å². The summed E-state index contributed by atoms with van der Waals surface area (Å²) in [5, 5.41) is 5.28. The molecule has 0 saturated carbocycles. The minimum Gasteiger partial charge on any atom is -0.379 e. The van der Waals surface area contributed by atoms with Gasteiger partial charge in [0.1, 0.15) is 17.6 Å². The highest BCUT2D eigenvalue weighted by Crippen LogP contribution is 2.18. The lowest BCUT2D eigenvalue weighted by molar-refractivity contribution is -0.0644. The second-order valence-electron chi connectivity index (χ2n) is 5.22. The van der Waals surface area contributed by atoms with Crippen molar-refractivity contribution in [2.75, 3.05) is 18.5 Å². The number of rotatable bonds is 6. The Balaban J connectivity index is 1.64. The molecule has 8 heteroatoms. The predicted octanol–water partition coefficient (Wildman–Crippen LogP) is 1.42. The molecule has 0 aromatic carbocycles. The smallest absolute Gasteiger partial charge is 0.267 e. The number of carbonyl (C=O) groups excluding carboxylic acids is 1. The summed E-state index contributed by atoms with van der Waals surface area (Å²) in [5.41, 5.74) is 8.20. The Labute approximate surface area is 137 Å². The van der Waals surface area contributed by atoms with E-state index in [4.69, 9.17) is 15.2 Å². The zero-order valence-electron chi connectivity index (χ0n) is 12.5. The van der Waals surface area contributed by atoms with Crippen LogP contribution in [0.15, 0.2) is 29.1 Å². The molecule has 0 radical (unpaired) electrons. The van der Waals surface area contributed by atoms with Gasteiger partial charge < -0.3 is 20.5 Å². The monoisotopic (exact) mass is 334 g/mol. The molecular formula is C15H18N4O3S. The first-order valence-corrected chi connectivity index (χ1v) is 8.26. The van der Waals surface area contributed by atoms with Crippen molar-refractivity contribution < 1.29 is 14.3 Å². The van der Waals surface area contributed by atoms with Crippen LogP contribution in [-0.4, -0.2) is 41.2 Å². The fraction of sp³-hybridized carbons (Fsp3) is 0.400. The molecule has 0 bridgehead atoms. The van der Waals surface area contributed by atoms with Crippen molar-refractivity contribution in [1.82, 2.24) is 9.97 Å². The summed E-state index contributed by atoms with van der Waals surface area (Å²) in [7, 11) is 0. The van der Waals surface area contributed by atoms with Crippen molar-refractivity contribution >= 4 is 23.1 Å². The van der Waals surface area contributed by atoms with Gasteiger partial charge in [0.05, 0.1) is 30.5 Å². The fourth-order valence-electron chi connectivity index (χ4n) is 2.38. The SMILES string of the molecule is NC(=O)c1cccc(N[C@@H]2CCOC[C@H]2OCc2cscn2)n1. The molecule has 122 valence electrons. The molecule has 0 unspecified atom stereocenters. The lowest BCUT2D eigenvalue weighted by Crippen LogP contribution is -2.43. The maximum atomic E-state index is 11.2. The number of nitrogens with one attached hydrogen (secondary N) is 1. The number of aromatic nitrogens is 2. The van der Waals surface area contributed by atoms with Crippen molar-refractivity contribution in [3.63, 3.8) is 0 Å². The highest BCUT2D eigenvalue weighted by molar-refractivity contribution is 7.07. The number of thiazole rings is 1. The Morgan fingerprint density at radius 1 is 1.52 bits per heavy atom. The van der Waals surface area contributed by atoms with Gasteiger partial charge >= 0.3 is 0 Å². The third-order valence-electron chi connectivity index (χ3n) is 3.57. The molecule has 3 heterocycles. The molecule has 0 aliphatic carbocycles. The van der Waals surface area contributed by atoms with E-state index in [2.05, 4.69) is 15.3 Å². The molecule has 7 nitrogen and oxygen atoms in total. The second-order valence-corrected chi connectivity index (χ2v) is 5.93. The van der Waals surface area contributed by atoms with E-state index >= 15 is 0 Å². The Hall–Kier alpha value is -2.03. The number of nitrogens with zero attached hydrogens (tertiary/aromatic N) is 2. The van der Waals surface area contributed by atoms with E-state index in [1.165, 1.54) is 0 Å². The lowest BCUT2D eigenvalue weighted by atomic mass is 10.1. The third kappa shape index (κ3) is 4.25. The van der Waals surface area contributed by atoms with E-state index < -0.39 is 5.91 Å². The highest BCUT2D eigenvalue weighted by Gasteiger charge is 2.27. The van der Waals surface area contributed by atoms with Crippen LogP contribution in [0.3, 0.4) is 0 Å². The molecule has 2 atom stereocenters. The second kappa shape index (κ2) is 7.49. The summed E-state index contributed by atoms with van der Waals surface area (Å²) < 4.78 is 11.4. The van der Waals surface area contributed by atoms with Crippen molar-refractivity contribution in [3.8, 4) is 0 Å². The first-order chi connectivity index (χ1) is 11.2. The van der Waals surface area contributed by atoms with Crippen LogP contribution in [0.4, 0.5) is 5.82 Å². The molecule has 1 fully saturated rings. The first kappa shape index (κ1) is 15.9. The number of hydrogen-bond donors (Lipinski definition) is 2. The third-order valence-corrected chi connectivity index (χ3v) is 4.20. The zero-order valence-corrected chi connectivity index (χ0v) is 13.3. The van der Waals surface area contributed by atoms with Crippen LogP contribution in [0.2, 0.25) is 0 Å². The van der Waals surface area contributed by atoms with Gasteiger partial charge in [0.2, 0.25) is 0 Å². The van der Waals surface area contributed by atoms with Crippen LogP contribution < -0.4 is 11.1 Å². The average Bonchev–Trinajstić information content (AvgIpc) is 3.08. The maximum Gasteiger partial charge on any atom is 0.267 e. The van der Waals surface area contributed by atoms with Gasteiger partial charge in [-0.2, -0.15) is 0 Å². The number of ether oxygens (including phenoxy) is 2. The Kier molecular flexibility index (Phi) is 5.16. The van der Waals surface area contributed by atoms with Crippen LogP contribution in [0.5, 0.6) is 0 Å². The van der Waals surface area contributed by atoms with E-state index in [-0.39, 0.29) is 17.8 Å². The van der Waals surface area contributed by atoms with Crippen LogP contribution in [0.1, 0.15) is 22.6 Å². The van der Waals surface area contributed by atoms with Gasteiger partial charge in [0.15, 0.2) is 0 Å². The first-order valence-electron chi connectivity index (χ1n) is 7.32. The molecule has 1 aliphatic rings. The number of pyridine rings is 1. The molecule has 1 saturated heterocycles. The standard InChI is InChI=1S/C15H18N4O3S/c16-15(20)12-2-1-3-14(19-12)18-11-4-5-21-7-13(11)22-6-10-8-23-9-17-10/h1-3,8-9,11,13H,4-7H2,(H2,16,20)(H,18,19)/t11-,13-/m1/s1. The summed E-state index contributed by atoms with van der Waals surface area (Å²) >= 11 is 1.54. The van der Waals surface area contributed by atoms with Crippen LogP contribution in [-0.2, 0) is 16.1 Å². The maximum absolute atomic E-state index is 11.2. The highest BCUT2D eigenvalue weighted by atomic mass is 32.1. The van der Waals surface area contributed by atoms with Gasteiger partial charge in [-0.3, -0.25) is 4.79 Å². The van der Waals surface area contributed by atoms with Crippen LogP contribution in [0.25, 0.3) is 0 Å². The summed E-state index contributed by atoms with van der Waals surface area (Å²) in [6, 6.07) is 5.20. The Bertz CT molecular complexity index is 650. The van der Waals surface area contributed by atoms with Gasteiger partial charge in [-0.25, -0.2) is 9.97 Å². The molecule has 3 N–H and O–H groups in total. The molecule has 2 aromatic heterocycles. The van der Waals surface area contributed by atoms with Crippen molar-refractivity contribution in [3.05, 3.63) is 40.5 Å². The van der Waals surface area contributed by atoms with Crippen LogP contribution in [0, 0.1) is 0 Å². The number of nitrogens with two attached hydrogens (primary N) is 1. The van der Waals surface area contributed by atoms with Gasteiger partial charge in [-0.1, -0.05) is 6.07 Å². The molecule has 1 amide bonds. The summed E-state index contributed by atoms with van der Waals surface area (Å²) in [5.74, 6) is 0.0624. The van der Waals surface area contributed by atoms with Gasteiger partial charge in [-0.05, 0) is 18.6 Å². The minimum atomic E-state index is -0.544. The Morgan fingerprint density at radius 3 is 3.22 bits per heavy atom. The minimum absolute atomic E-state index is 0.0537. The summed E-state index contributed by atoms with van der Waals surface area (Å²) in [6.07, 6.45) is 0.689. The van der Waals surface area contributed by atoms with Crippen LogP contribution >= 0.6 is 11.3 Å². The normalized spacial score (nSPS) is 21.0. The van der Waals surface area contributed by atoms with E-state index in [1.54, 1.807) is 35.0 Å². The van der Waals surface area contributed by atoms with E-state index in [1.807, 2.05) is 5.38 Å². The molecule has 1 aliphatic heterocycles. The molecule has 23 heavy (non-hydrogen) atoms. The van der Waals surface area contributed by atoms with Gasteiger partial charge in [0.25, 0.3) is 5.91 Å². The predicted molar refractivity (Wildman–Crippen MR) is 86.3 cm³/mol. The van der Waals surface area contributed by atoms with Crippen molar-refractivity contribution in [2.45, 2.75) is 25.2 Å². The van der Waals surface area contributed by atoms with Gasteiger partial charge in [-0.15, -0.1) is 11.3 Å². The lowest BCUT2D eigenvalue weighted by Gasteiger charge is -2.32. The Morgan fingerprint density at radius 2 is 2.43 bits per heavy atom. The topological polar surface area (TPSA) is 99.4 Å². The molecular weight excluding hydrogens is 316 g/mol. The van der Waals surface area contributed by atoms with E-state index in [9.17, 15) is 4.79 Å². The molecule has 0 spiro atoms. The number of primary amides is 1. The van der Waals surface area contributed by atoms with Crippen molar-refractivity contribution in [1.29, 1.82) is 0 Å². The van der Waals surface area contributed by atoms with Crippen molar-refractivity contribution in [2.24, 2.45) is 5.73 Å². The quantitative estimate of drug-likeness (QED) is 0.829. The molecule has 2 aromatic rings. The number of hydrogen-bond acceptors (Lipinski definition) is 7. The summed E-state index contributed by atoms with van der Waals surface area (Å²) in [6.45, 7) is 1.62. The van der Waals surface area contributed by atoms with E-state index in [0.717, 1.165) is 12.1 Å². The number of anilines is 1. The van der Waals surface area contributed by atoms with E-state index in [0.29, 0.717) is 25.6 Å². The fourth-order valence-corrected chi connectivity index (χ4v) is 2.93. The summed E-state index contributed by atoms with van der Waals surface area (Å²) in [4.78, 5) is 19.7. The largest absolute Gasteiger partial charge is 0.379 e. The average molecular weight is 334 g/mol. The number of carbonyl (C=O) groups is 1. The molecule has 3 rings (SSSR count). The number of amides is 1.